The molecule has 4 nitrogen and oxygen atoms in total. The number of nitrogens with zero attached hydrogens (tertiary/aromatic N) is 1. The van der Waals surface area contributed by atoms with Crippen LogP contribution in [0.3, 0.4) is 0 Å². The molecule has 0 radical (unpaired) electrons. The maximum absolute atomic E-state index is 13.0. The second kappa shape index (κ2) is 7.72. The summed E-state index contributed by atoms with van der Waals surface area (Å²) < 4.78 is 27.7. The molecule has 0 saturated heterocycles. The summed E-state index contributed by atoms with van der Waals surface area (Å²) in [5, 5.41) is 5.19. The van der Waals surface area contributed by atoms with Crippen molar-refractivity contribution in [2.75, 3.05) is 13.1 Å². The molecule has 1 N–H and O–H groups in total. The molecule has 1 fully saturated rings. The van der Waals surface area contributed by atoms with Crippen LogP contribution >= 0.6 is 11.3 Å². The van der Waals surface area contributed by atoms with Crippen LogP contribution in [0.25, 0.3) is 0 Å². The normalized spacial score (nSPS) is 16.9. The van der Waals surface area contributed by atoms with Crippen LogP contribution in [0, 0.1) is 0 Å². The lowest BCUT2D eigenvalue weighted by atomic mass is 10.2. The molecule has 1 heterocycles. The summed E-state index contributed by atoms with van der Waals surface area (Å²) in [6.07, 6.45) is 5.34. The number of hydrogen-bond donors (Lipinski definition) is 1. The van der Waals surface area contributed by atoms with E-state index < -0.39 is 10.0 Å². The number of sulfonamides is 1. The Hall–Kier alpha value is -0.430. The molecule has 0 bridgehead atoms. The summed E-state index contributed by atoms with van der Waals surface area (Å²) in [6.45, 7) is 6.17. The molecule has 1 aromatic heterocycles. The van der Waals surface area contributed by atoms with Gasteiger partial charge >= 0.3 is 0 Å². The molecular weight excluding hydrogens is 304 g/mol. The predicted molar refractivity (Wildman–Crippen MR) is 88.1 cm³/mol. The molecule has 21 heavy (non-hydrogen) atoms. The number of thiophene rings is 1. The lowest BCUT2D eigenvalue weighted by Gasteiger charge is -2.26. The van der Waals surface area contributed by atoms with E-state index in [0.29, 0.717) is 18.0 Å². The Labute approximate surface area is 132 Å². The molecule has 0 amide bonds. The average Bonchev–Trinajstić information content (AvgIpc) is 3.10. The molecule has 0 aromatic carbocycles. The number of hydrogen-bond acceptors (Lipinski definition) is 4. The third kappa shape index (κ3) is 3.86. The molecular formula is C15H26N2O2S2. The number of rotatable bonds is 8. The van der Waals surface area contributed by atoms with E-state index in [9.17, 15) is 8.42 Å². The summed E-state index contributed by atoms with van der Waals surface area (Å²) in [7, 11) is -3.36. The van der Waals surface area contributed by atoms with Crippen LogP contribution in [-0.4, -0.2) is 31.9 Å². The van der Waals surface area contributed by atoms with E-state index >= 15 is 0 Å². The van der Waals surface area contributed by atoms with Crippen molar-refractivity contribution in [2.45, 2.75) is 63.4 Å². The maximum atomic E-state index is 13.0. The quantitative estimate of drug-likeness (QED) is 0.745. The highest BCUT2D eigenvalue weighted by atomic mass is 32.2. The SMILES string of the molecule is CCCNCc1sccc1S(=O)(=O)N(CC)C1CCCC1. The fourth-order valence-electron chi connectivity index (χ4n) is 3.01. The van der Waals surface area contributed by atoms with Crippen LogP contribution in [0.5, 0.6) is 0 Å². The Kier molecular flexibility index (Phi) is 6.22. The van der Waals surface area contributed by atoms with E-state index in [1.165, 1.54) is 11.3 Å². The number of nitrogens with one attached hydrogen (secondary N) is 1. The summed E-state index contributed by atoms with van der Waals surface area (Å²) in [4.78, 5) is 1.43. The minimum Gasteiger partial charge on any atom is -0.312 e. The molecule has 0 unspecified atom stereocenters. The predicted octanol–water partition coefficient (Wildman–Crippen LogP) is 3.20. The molecule has 1 aromatic rings. The molecule has 0 aliphatic heterocycles. The van der Waals surface area contributed by atoms with E-state index in [2.05, 4.69) is 12.2 Å². The first kappa shape index (κ1) is 16.9. The summed E-state index contributed by atoms with van der Waals surface area (Å²) in [5.41, 5.74) is 0. The second-order valence-corrected chi connectivity index (χ2v) is 8.39. The second-order valence-electron chi connectivity index (χ2n) is 5.53. The van der Waals surface area contributed by atoms with Gasteiger partial charge in [0.1, 0.15) is 0 Å². The highest BCUT2D eigenvalue weighted by molar-refractivity contribution is 7.89. The van der Waals surface area contributed by atoms with Gasteiger partial charge in [0.25, 0.3) is 0 Å². The van der Waals surface area contributed by atoms with Crippen LogP contribution in [0.15, 0.2) is 16.3 Å². The van der Waals surface area contributed by atoms with Crippen LogP contribution in [0.4, 0.5) is 0 Å². The van der Waals surface area contributed by atoms with Crippen molar-refractivity contribution in [3.8, 4) is 0 Å². The van der Waals surface area contributed by atoms with Crippen LogP contribution in [0.1, 0.15) is 50.8 Å². The van der Waals surface area contributed by atoms with E-state index in [0.717, 1.165) is 43.5 Å². The van der Waals surface area contributed by atoms with Gasteiger partial charge in [-0.05, 0) is 37.3 Å². The van der Waals surface area contributed by atoms with Gasteiger partial charge in [0, 0.05) is 24.0 Å². The minimum atomic E-state index is -3.36. The van der Waals surface area contributed by atoms with Crippen molar-refractivity contribution < 1.29 is 8.42 Å². The molecule has 2 rings (SSSR count). The average molecular weight is 331 g/mol. The third-order valence-electron chi connectivity index (χ3n) is 4.05. The van der Waals surface area contributed by atoms with Gasteiger partial charge in [-0.15, -0.1) is 11.3 Å². The Morgan fingerprint density at radius 3 is 2.67 bits per heavy atom. The molecule has 0 spiro atoms. The Balaban J connectivity index is 2.19. The van der Waals surface area contributed by atoms with E-state index in [1.807, 2.05) is 12.3 Å². The zero-order chi connectivity index (χ0) is 15.3. The minimum absolute atomic E-state index is 0.191. The van der Waals surface area contributed by atoms with Gasteiger partial charge in [0.15, 0.2) is 0 Å². The van der Waals surface area contributed by atoms with Crippen molar-refractivity contribution in [1.29, 1.82) is 0 Å². The van der Waals surface area contributed by atoms with Crippen LogP contribution in [-0.2, 0) is 16.6 Å². The largest absolute Gasteiger partial charge is 0.312 e. The lowest BCUT2D eigenvalue weighted by Crippen LogP contribution is -2.38. The van der Waals surface area contributed by atoms with Gasteiger partial charge in [0.05, 0.1) is 4.90 Å². The van der Waals surface area contributed by atoms with Crippen molar-refractivity contribution in [3.63, 3.8) is 0 Å². The van der Waals surface area contributed by atoms with Gasteiger partial charge in [-0.1, -0.05) is 26.7 Å². The topological polar surface area (TPSA) is 49.4 Å². The smallest absolute Gasteiger partial charge is 0.244 e. The highest BCUT2D eigenvalue weighted by Gasteiger charge is 2.33. The Morgan fingerprint density at radius 2 is 2.05 bits per heavy atom. The van der Waals surface area contributed by atoms with E-state index in [-0.39, 0.29) is 6.04 Å². The molecule has 1 aliphatic carbocycles. The van der Waals surface area contributed by atoms with E-state index in [1.54, 1.807) is 10.4 Å². The van der Waals surface area contributed by atoms with Crippen LogP contribution < -0.4 is 5.32 Å². The third-order valence-corrected chi connectivity index (χ3v) is 7.21. The molecule has 0 atom stereocenters. The summed E-state index contributed by atoms with van der Waals surface area (Å²) in [6, 6.07) is 1.96. The maximum Gasteiger partial charge on any atom is 0.244 e. The lowest BCUT2D eigenvalue weighted by molar-refractivity contribution is 0.335. The van der Waals surface area contributed by atoms with Crippen molar-refractivity contribution >= 4 is 21.4 Å². The molecule has 120 valence electrons. The monoisotopic (exact) mass is 330 g/mol. The van der Waals surface area contributed by atoms with E-state index in [4.69, 9.17) is 0 Å². The summed E-state index contributed by atoms with van der Waals surface area (Å²) >= 11 is 1.53. The first-order valence-corrected chi connectivity index (χ1v) is 10.2. The van der Waals surface area contributed by atoms with Crippen molar-refractivity contribution in [2.24, 2.45) is 0 Å². The van der Waals surface area contributed by atoms with Crippen LogP contribution in [0.2, 0.25) is 0 Å². The fourth-order valence-corrected chi connectivity index (χ4v) is 6.09. The van der Waals surface area contributed by atoms with Gasteiger partial charge in [-0.3, -0.25) is 0 Å². The van der Waals surface area contributed by atoms with Gasteiger partial charge < -0.3 is 5.32 Å². The van der Waals surface area contributed by atoms with Gasteiger partial charge in [-0.2, -0.15) is 4.31 Å². The van der Waals surface area contributed by atoms with Gasteiger partial charge in [0.2, 0.25) is 10.0 Å². The molecule has 1 saturated carbocycles. The summed E-state index contributed by atoms with van der Waals surface area (Å²) in [5.74, 6) is 0. The standard InChI is InChI=1S/C15H26N2O2S2/c1-3-10-16-12-14-15(9-11-20-14)21(18,19)17(4-2)13-7-5-6-8-13/h9,11,13,16H,3-8,10,12H2,1-2H3. The van der Waals surface area contributed by atoms with Gasteiger partial charge in [-0.25, -0.2) is 8.42 Å². The highest BCUT2D eigenvalue weighted by Crippen LogP contribution is 2.31. The Bertz CT molecular complexity index is 534. The first-order valence-electron chi connectivity index (χ1n) is 7.90. The van der Waals surface area contributed by atoms with Crippen molar-refractivity contribution in [1.82, 2.24) is 9.62 Å². The fraction of sp³-hybridized carbons (Fsp3) is 0.733. The molecule has 1 aliphatic rings. The zero-order valence-corrected chi connectivity index (χ0v) is 14.6. The zero-order valence-electron chi connectivity index (χ0n) is 13.0. The Morgan fingerprint density at radius 1 is 1.33 bits per heavy atom. The first-order chi connectivity index (χ1) is 10.1. The van der Waals surface area contributed by atoms with Crippen molar-refractivity contribution in [3.05, 3.63) is 16.3 Å². The molecule has 6 heteroatoms.